The van der Waals surface area contributed by atoms with Gasteiger partial charge in [0.1, 0.15) is 10.4 Å². The van der Waals surface area contributed by atoms with Crippen molar-refractivity contribution >= 4 is 28.5 Å². The molecule has 0 fully saturated rings. The van der Waals surface area contributed by atoms with E-state index in [4.69, 9.17) is 27.0 Å². The molecule has 0 spiro atoms. The van der Waals surface area contributed by atoms with Crippen molar-refractivity contribution < 1.29 is 4.74 Å². The molecule has 0 radical (unpaired) electrons. The molecule has 2 heterocycles. The summed E-state index contributed by atoms with van der Waals surface area (Å²) in [6, 6.07) is 7.99. The fraction of sp³-hybridized carbons (Fsp3) is 0.353. The number of hydrogen-bond acceptors (Lipinski definition) is 5. The highest BCUT2D eigenvalue weighted by Crippen LogP contribution is 2.34. The van der Waals surface area contributed by atoms with E-state index < -0.39 is 0 Å². The Balaban J connectivity index is 1.90. The molecule has 1 aromatic carbocycles. The van der Waals surface area contributed by atoms with E-state index in [1.54, 1.807) is 11.3 Å². The van der Waals surface area contributed by atoms with Gasteiger partial charge in [-0.05, 0) is 44.7 Å². The van der Waals surface area contributed by atoms with E-state index in [0.29, 0.717) is 6.61 Å². The van der Waals surface area contributed by atoms with Crippen molar-refractivity contribution in [1.29, 1.82) is 0 Å². The summed E-state index contributed by atoms with van der Waals surface area (Å²) in [5.41, 5.74) is 3.37. The molecule has 0 saturated heterocycles. The van der Waals surface area contributed by atoms with Crippen molar-refractivity contribution in [3.05, 3.63) is 40.2 Å². The number of ether oxygens (including phenoxy) is 1. The van der Waals surface area contributed by atoms with Gasteiger partial charge in [0.15, 0.2) is 5.01 Å². The third kappa shape index (κ3) is 2.56. The van der Waals surface area contributed by atoms with Gasteiger partial charge >= 0.3 is 0 Å². The third-order valence-electron chi connectivity index (χ3n) is 4.10. The molecule has 0 bridgehead atoms. The standard InChI is InChI=1S/C17H17N3OS2/c1-2-21-14-10-6-4-8-12(14)15-19-20-16(22)11-7-3-5-9-13(11)18-17(20)23-15/h4,6,8,10H,2-3,5,7,9H2,1H3. The van der Waals surface area contributed by atoms with Gasteiger partial charge in [-0.15, -0.1) is 0 Å². The van der Waals surface area contributed by atoms with Crippen LogP contribution in [0.2, 0.25) is 0 Å². The van der Waals surface area contributed by atoms with Gasteiger partial charge < -0.3 is 4.74 Å². The molecular formula is C17H17N3OS2. The Morgan fingerprint density at radius 3 is 2.96 bits per heavy atom. The monoisotopic (exact) mass is 343 g/mol. The number of nitrogens with zero attached hydrogens (tertiary/aromatic N) is 3. The Kier molecular flexibility index (Phi) is 3.87. The van der Waals surface area contributed by atoms with Crippen LogP contribution in [0, 0.1) is 4.64 Å². The predicted octanol–water partition coefficient (Wildman–Crippen LogP) is 4.46. The molecule has 4 rings (SSSR count). The normalized spacial score (nSPS) is 14.0. The molecule has 118 valence electrons. The van der Waals surface area contributed by atoms with E-state index in [1.807, 2.05) is 35.7 Å². The molecule has 6 heteroatoms. The number of hydrogen-bond donors (Lipinski definition) is 0. The van der Waals surface area contributed by atoms with Crippen LogP contribution in [0.15, 0.2) is 24.3 Å². The van der Waals surface area contributed by atoms with Gasteiger partial charge in [-0.1, -0.05) is 35.7 Å². The first-order valence-electron chi connectivity index (χ1n) is 7.91. The number of benzene rings is 1. The molecular weight excluding hydrogens is 326 g/mol. The Morgan fingerprint density at radius 2 is 2.09 bits per heavy atom. The maximum Gasteiger partial charge on any atom is 0.213 e. The summed E-state index contributed by atoms with van der Waals surface area (Å²) in [5, 5.41) is 5.62. The molecule has 3 aromatic rings. The highest BCUT2D eigenvalue weighted by molar-refractivity contribution is 7.71. The molecule has 2 aromatic heterocycles. The van der Waals surface area contributed by atoms with Crippen LogP contribution in [-0.2, 0) is 12.8 Å². The lowest BCUT2D eigenvalue weighted by atomic mass is 9.98. The highest BCUT2D eigenvalue weighted by atomic mass is 32.1. The number of rotatable bonds is 3. The first-order chi connectivity index (χ1) is 11.3. The van der Waals surface area contributed by atoms with Gasteiger partial charge in [-0.25, -0.2) is 4.98 Å². The van der Waals surface area contributed by atoms with Crippen molar-refractivity contribution in [2.45, 2.75) is 32.6 Å². The zero-order chi connectivity index (χ0) is 15.8. The minimum Gasteiger partial charge on any atom is -0.493 e. The molecule has 0 aliphatic heterocycles. The van der Waals surface area contributed by atoms with Crippen molar-refractivity contribution in [3.8, 4) is 16.3 Å². The SMILES string of the molecule is CCOc1ccccc1-c1nn2c(=S)c3c(nc2s1)CCCC3. The molecule has 0 N–H and O–H groups in total. The molecule has 23 heavy (non-hydrogen) atoms. The van der Waals surface area contributed by atoms with Gasteiger partial charge in [0.25, 0.3) is 0 Å². The van der Waals surface area contributed by atoms with Gasteiger partial charge in [0.05, 0.1) is 12.2 Å². The van der Waals surface area contributed by atoms with E-state index in [2.05, 4.69) is 0 Å². The van der Waals surface area contributed by atoms with Crippen LogP contribution in [0.1, 0.15) is 31.0 Å². The second-order valence-electron chi connectivity index (χ2n) is 5.58. The van der Waals surface area contributed by atoms with Crippen molar-refractivity contribution in [2.75, 3.05) is 6.61 Å². The lowest BCUT2D eigenvalue weighted by Gasteiger charge is -2.13. The van der Waals surface area contributed by atoms with Crippen molar-refractivity contribution in [2.24, 2.45) is 0 Å². The lowest BCUT2D eigenvalue weighted by molar-refractivity contribution is 0.341. The minimum atomic E-state index is 0.633. The number of para-hydroxylation sites is 1. The predicted molar refractivity (Wildman–Crippen MR) is 94.9 cm³/mol. The largest absolute Gasteiger partial charge is 0.493 e. The molecule has 0 unspecified atom stereocenters. The number of fused-ring (bicyclic) bond motifs is 2. The molecule has 4 nitrogen and oxygen atoms in total. The molecule has 0 amide bonds. The number of aromatic nitrogens is 3. The summed E-state index contributed by atoms with van der Waals surface area (Å²) in [7, 11) is 0. The molecule has 1 aliphatic carbocycles. The van der Waals surface area contributed by atoms with Gasteiger partial charge in [0.2, 0.25) is 4.96 Å². The van der Waals surface area contributed by atoms with Crippen LogP contribution in [0.3, 0.4) is 0 Å². The maximum absolute atomic E-state index is 5.73. The molecule has 1 aliphatic rings. The summed E-state index contributed by atoms with van der Waals surface area (Å²) < 4.78 is 8.37. The quantitative estimate of drug-likeness (QED) is 0.658. The maximum atomic E-state index is 5.73. The fourth-order valence-corrected chi connectivity index (χ4v) is 4.36. The van der Waals surface area contributed by atoms with E-state index in [1.165, 1.54) is 18.4 Å². The van der Waals surface area contributed by atoms with E-state index in [9.17, 15) is 0 Å². The van der Waals surface area contributed by atoms with Crippen molar-refractivity contribution in [1.82, 2.24) is 14.6 Å². The Morgan fingerprint density at radius 1 is 1.26 bits per heavy atom. The third-order valence-corrected chi connectivity index (χ3v) is 5.46. The summed E-state index contributed by atoms with van der Waals surface area (Å²) in [4.78, 5) is 5.68. The zero-order valence-electron chi connectivity index (χ0n) is 12.9. The van der Waals surface area contributed by atoms with Crippen LogP contribution in [-0.4, -0.2) is 21.2 Å². The lowest BCUT2D eigenvalue weighted by Crippen LogP contribution is -2.09. The highest BCUT2D eigenvalue weighted by Gasteiger charge is 2.18. The van der Waals surface area contributed by atoms with Crippen LogP contribution < -0.4 is 4.74 Å². The minimum absolute atomic E-state index is 0.633. The summed E-state index contributed by atoms with van der Waals surface area (Å²) >= 11 is 7.24. The average Bonchev–Trinajstić information content (AvgIpc) is 3.00. The first kappa shape index (κ1) is 14.8. The second kappa shape index (κ2) is 6.02. The second-order valence-corrected chi connectivity index (χ2v) is 6.92. The number of aryl methyl sites for hydroxylation is 1. The Labute approximate surface area is 143 Å². The van der Waals surface area contributed by atoms with E-state index in [-0.39, 0.29) is 0 Å². The van der Waals surface area contributed by atoms with E-state index in [0.717, 1.165) is 44.5 Å². The fourth-order valence-electron chi connectivity index (χ4n) is 3.01. The zero-order valence-corrected chi connectivity index (χ0v) is 14.5. The van der Waals surface area contributed by atoms with Gasteiger partial charge in [-0.3, -0.25) is 0 Å². The topological polar surface area (TPSA) is 39.4 Å². The first-order valence-corrected chi connectivity index (χ1v) is 9.14. The average molecular weight is 343 g/mol. The molecule has 0 saturated carbocycles. The Hall–Kier alpha value is -1.79. The smallest absolute Gasteiger partial charge is 0.213 e. The van der Waals surface area contributed by atoms with Crippen LogP contribution in [0.4, 0.5) is 0 Å². The summed E-state index contributed by atoms with van der Waals surface area (Å²) in [6.07, 6.45) is 4.43. The van der Waals surface area contributed by atoms with Crippen LogP contribution in [0.5, 0.6) is 5.75 Å². The van der Waals surface area contributed by atoms with Crippen LogP contribution >= 0.6 is 23.6 Å². The van der Waals surface area contributed by atoms with E-state index >= 15 is 0 Å². The van der Waals surface area contributed by atoms with Crippen LogP contribution in [0.25, 0.3) is 15.5 Å². The summed E-state index contributed by atoms with van der Waals surface area (Å²) in [5.74, 6) is 0.852. The van der Waals surface area contributed by atoms with Gasteiger partial charge in [0, 0.05) is 11.3 Å². The van der Waals surface area contributed by atoms with Gasteiger partial charge in [-0.2, -0.15) is 9.61 Å². The summed E-state index contributed by atoms with van der Waals surface area (Å²) in [6.45, 7) is 2.62. The Bertz CT molecular complexity index is 929. The van der Waals surface area contributed by atoms with Crippen molar-refractivity contribution in [3.63, 3.8) is 0 Å². The molecule has 0 atom stereocenters.